The smallest absolute Gasteiger partial charge is 0.196 e. The highest BCUT2D eigenvalue weighted by atomic mass is 35.5. The van der Waals surface area contributed by atoms with Crippen LogP contribution < -0.4 is 10.6 Å². The number of hydrogen-bond acceptors (Lipinski definition) is 6. The Bertz CT molecular complexity index is 1320. The van der Waals surface area contributed by atoms with Gasteiger partial charge in [-0.05, 0) is 66.3 Å². The molecule has 168 valence electrons. The molecular formula is C25H25ClN6S. The predicted molar refractivity (Wildman–Crippen MR) is 135 cm³/mol. The van der Waals surface area contributed by atoms with Gasteiger partial charge in [0, 0.05) is 29.7 Å². The highest BCUT2D eigenvalue weighted by Crippen LogP contribution is 2.47. The molecule has 1 aliphatic carbocycles. The molecule has 1 aromatic carbocycles. The molecule has 5 rings (SSSR count). The van der Waals surface area contributed by atoms with Crippen LogP contribution in [-0.4, -0.2) is 34.1 Å². The average Bonchev–Trinajstić information content (AvgIpc) is 3.14. The zero-order valence-corrected chi connectivity index (χ0v) is 20.2. The highest BCUT2D eigenvalue weighted by Gasteiger charge is 2.54. The Balaban J connectivity index is 1.50. The number of H-pyrrole nitrogens is 1. The standard InChI is InChI=1S/C25H25ClN6S/c1-4-14(10-27)9-15-6-7-16(8-13(15)3)33-25-30-23-20(21(26)19(5-2)29-23)24(31-25)32-11-17-18(12-32)22(17)28/h4,6-9,17-18,22H,1,5,11-12,28H2,2-3H3,(H,29,30,31)/b14-9+. The van der Waals surface area contributed by atoms with Crippen LogP contribution in [0, 0.1) is 30.1 Å². The summed E-state index contributed by atoms with van der Waals surface area (Å²) in [5.74, 6) is 1.99. The third kappa shape index (κ3) is 3.93. The maximum atomic E-state index is 9.17. The van der Waals surface area contributed by atoms with E-state index in [4.69, 9.17) is 32.6 Å². The second kappa shape index (κ2) is 8.53. The van der Waals surface area contributed by atoms with Gasteiger partial charge in [-0.15, -0.1) is 0 Å². The molecule has 1 aliphatic heterocycles. The van der Waals surface area contributed by atoms with E-state index in [2.05, 4.69) is 35.5 Å². The van der Waals surface area contributed by atoms with Gasteiger partial charge in [-0.25, -0.2) is 9.97 Å². The number of nitrogens with two attached hydrogens (primary N) is 1. The second-order valence-corrected chi connectivity index (χ2v) is 10.1. The largest absolute Gasteiger partial charge is 0.355 e. The Morgan fingerprint density at radius 1 is 1.39 bits per heavy atom. The van der Waals surface area contributed by atoms with Crippen LogP contribution in [0.1, 0.15) is 23.7 Å². The third-order valence-electron chi connectivity index (χ3n) is 6.65. The van der Waals surface area contributed by atoms with E-state index in [-0.39, 0.29) is 0 Å². The number of benzene rings is 1. The van der Waals surface area contributed by atoms with Gasteiger partial charge in [-0.2, -0.15) is 5.26 Å². The number of aromatic amines is 1. The number of allylic oxidation sites excluding steroid dienone is 2. The van der Waals surface area contributed by atoms with Gasteiger partial charge in [0.2, 0.25) is 0 Å². The molecule has 0 spiro atoms. The number of anilines is 1. The second-order valence-electron chi connectivity index (χ2n) is 8.67. The lowest BCUT2D eigenvalue weighted by atomic mass is 10.1. The van der Waals surface area contributed by atoms with Crippen molar-refractivity contribution >= 4 is 46.3 Å². The molecule has 2 atom stereocenters. The fourth-order valence-corrected chi connectivity index (χ4v) is 5.82. The first kappa shape index (κ1) is 22.0. The van der Waals surface area contributed by atoms with Crippen molar-refractivity contribution in [3.63, 3.8) is 0 Å². The molecule has 33 heavy (non-hydrogen) atoms. The Kier molecular flexibility index (Phi) is 5.69. The number of aryl methyl sites for hydroxylation is 2. The van der Waals surface area contributed by atoms with E-state index in [0.717, 1.165) is 58.1 Å². The predicted octanol–water partition coefficient (Wildman–Crippen LogP) is 5.12. The van der Waals surface area contributed by atoms with E-state index >= 15 is 0 Å². The van der Waals surface area contributed by atoms with Crippen molar-refractivity contribution in [2.24, 2.45) is 17.6 Å². The third-order valence-corrected chi connectivity index (χ3v) is 7.92. The van der Waals surface area contributed by atoms with Gasteiger partial charge >= 0.3 is 0 Å². The number of piperidine rings is 1. The number of aromatic nitrogens is 3. The van der Waals surface area contributed by atoms with Crippen LogP contribution in [0.3, 0.4) is 0 Å². The molecule has 2 aromatic heterocycles. The van der Waals surface area contributed by atoms with Crippen molar-refractivity contribution in [2.45, 2.75) is 36.4 Å². The minimum Gasteiger partial charge on any atom is -0.355 e. The molecule has 2 aliphatic rings. The number of nitriles is 1. The van der Waals surface area contributed by atoms with Crippen molar-refractivity contribution in [1.82, 2.24) is 15.0 Å². The zero-order chi connectivity index (χ0) is 23.3. The van der Waals surface area contributed by atoms with Crippen molar-refractivity contribution in [3.8, 4) is 6.07 Å². The lowest BCUT2D eigenvalue weighted by molar-refractivity contribution is 0.732. The quantitative estimate of drug-likeness (QED) is 0.291. The van der Waals surface area contributed by atoms with E-state index in [1.807, 2.05) is 25.1 Å². The summed E-state index contributed by atoms with van der Waals surface area (Å²) < 4.78 is 0. The first-order valence-corrected chi connectivity index (χ1v) is 12.2. The average molecular weight is 477 g/mol. The Labute approximate surface area is 202 Å². The molecule has 2 unspecified atom stereocenters. The topological polar surface area (TPSA) is 94.6 Å². The van der Waals surface area contributed by atoms with Gasteiger partial charge in [0.15, 0.2) is 5.16 Å². The van der Waals surface area contributed by atoms with Crippen molar-refractivity contribution in [2.75, 3.05) is 18.0 Å². The Morgan fingerprint density at radius 3 is 2.79 bits per heavy atom. The molecular weight excluding hydrogens is 452 g/mol. The SMILES string of the molecule is C=C/C(C#N)=C\c1ccc(Sc2nc(N3CC4C(N)C4C3)c3c(Cl)c(CC)[nH]c3n2)cc1C. The minimum atomic E-state index is 0.318. The summed E-state index contributed by atoms with van der Waals surface area (Å²) >= 11 is 8.25. The fourth-order valence-electron chi connectivity index (χ4n) is 4.62. The summed E-state index contributed by atoms with van der Waals surface area (Å²) in [6, 6.07) is 8.58. The van der Waals surface area contributed by atoms with E-state index in [1.165, 1.54) is 11.8 Å². The van der Waals surface area contributed by atoms with Gasteiger partial charge in [0.25, 0.3) is 0 Å². The number of nitrogens with one attached hydrogen (secondary N) is 1. The highest BCUT2D eigenvalue weighted by molar-refractivity contribution is 7.99. The van der Waals surface area contributed by atoms with Crippen molar-refractivity contribution < 1.29 is 0 Å². The maximum Gasteiger partial charge on any atom is 0.196 e. The number of fused-ring (bicyclic) bond motifs is 2. The number of rotatable bonds is 6. The molecule has 0 radical (unpaired) electrons. The van der Waals surface area contributed by atoms with E-state index in [1.54, 1.807) is 6.08 Å². The maximum absolute atomic E-state index is 9.17. The van der Waals surface area contributed by atoms with Gasteiger partial charge in [-0.1, -0.05) is 37.2 Å². The molecule has 0 amide bonds. The lowest BCUT2D eigenvalue weighted by Crippen LogP contribution is -2.29. The lowest BCUT2D eigenvalue weighted by Gasteiger charge is -2.21. The summed E-state index contributed by atoms with van der Waals surface area (Å²) in [4.78, 5) is 16.5. The van der Waals surface area contributed by atoms with Crippen LogP contribution in [0.5, 0.6) is 0 Å². The Morgan fingerprint density at radius 2 is 2.15 bits per heavy atom. The Hall–Kier alpha value is -2.79. The molecule has 3 heterocycles. The molecule has 3 aromatic rings. The normalized spacial score (nSPS) is 21.8. The van der Waals surface area contributed by atoms with Crippen LogP contribution in [-0.2, 0) is 6.42 Å². The van der Waals surface area contributed by atoms with Gasteiger partial charge < -0.3 is 15.6 Å². The molecule has 1 saturated heterocycles. The van der Waals surface area contributed by atoms with E-state index in [0.29, 0.717) is 33.6 Å². The van der Waals surface area contributed by atoms with Gasteiger partial charge in [0.1, 0.15) is 11.5 Å². The fraction of sp³-hybridized carbons (Fsp3) is 0.320. The van der Waals surface area contributed by atoms with Gasteiger partial charge in [0.05, 0.1) is 22.1 Å². The zero-order valence-electron chi connectivity index (χ0n) is 18.6. The summed E-state index contributed by atoms with van der Waals surface area (Å²) in [5.41, 5.74) is 10.5. The minimum absolute atomic E-state index is 0.318. The van der Waals surface area contributed by atoms with E-state index in [9.17, 15) is 0 Å². The number of halogens is 1. The number of hydrogen-bond donors (Lipinski definition) is 2. The van der Waals surface area contributed by atoms with Crippen molar-refractivity contribution in [3.05, 3.63) is 58.3 Å². The van der Waals surface area contributed by atoms with Crippen molar-refractivity contribution in [1.29, 1.82) is 5.26 Å². The number of nitrogens with zero attached hydrogens (tertiary/aromatic N) is 4. The summed E-state index contributed by atoms with van der Waals surface area (Å²) in [7, 11) is 0. The molecule has 6 nitrogen and oxygen atoms in total. The monoisotopic (exact) mass is 476 g/mol. The first-order chi connectivity index (χ1) is 15.9. The summed E-state index contributed by atoms with van der Waals surface area (Å²) in [6.07, 6.45) is 4.21. The van der Waals surface area contributed by atoms with E-state index < -0.39 is 0 Å². The molecule has 2 fully saturated rings. The first-order valence-electron chi connectivity index (χ1n) is 11.0. The van der Waals surface area contributed by atoms with Crippen LogP contribution in [0.2, 0.25) is 5.02 Å². The van der Waals surface area contributed by atoms with Crippen LogP contribution in [0.15, 0.2) is 46.5 Å². The van der Waals surface area contributed by atoms with Gasteiger partial charge in [-0.3, -0.25) is 0 Å². The van der Waals surface area contributed by atoms with Crippen LogP contribution >= 0.6 is 23.4 Å². The molecule has 3 N–H and O–H groups in total. The summed E-state index contributed by atoms with van der Waals surface area (Å²) in [5, 5.41) is 11.5. The summed E-state index contributed by atoms with van der Waals surface area (Å²) in [6.45, 7) is 9.62. The molecule has 8 heteroatoms. The molecule has 1 saturated carbocycles. The molecule has 0 bridgehead atoms. The van der Waals surface area contributed by atoms with Crippen LogP contribution in [0.4, 0.5) is 5.82 Å². The van der Waals surface area contributed by atoms with Crippen LogP contribution in [0.25, 0.3) is 17.1 Å².